The maximum Gasteiger partial charge on any atom is 0.130 e. The van der Waals surface area contributed by atoms with Gasteiger partial charge in [0.05, 0.1) is 17.4 Å². The molecule has 0 atom stereocenters. The zero-order chi connectivity index (χ0) is 16.5. The Morgan fingerprint density at radius 2 is 2.04 bits per heavy atom. The van der Waals surface area contributed by atoms with Crippen molar-refractivity contribution in [2.75, 3.05) is 43.4 Å². The van der Waals surface area contributed by atoms with Crippen LogP contribution < -0.4 is 15.5 Å². The maximum absolute atomic E-state index is 6.37. The largest absolute Gasteiger partial charge is 0.388 e. The highest BCUT2D eigenvalue weighted by Crippen LogP contribution is 2.29. The van der Waals surface area contributed by atoms with E-state index in [0.29, 0.717) is 5.02 Å². The number of hydrogen-bond donors (Lipinski definition) is 2. The molecule has 0 spiro atoms. The van der Waals surface area contributed by atoms with Crippen LogP contribution in [-0.2, 0) is 0 Å². The summed E-state index contributed by atoms with van der Waals surface area (Å²) >= 11 is 6.37. The lowest BCUT2D eigenvalue weighted by Crippen LogP contribution is -2.43. The molecule has 0 unspecified atom stereocenters. The minimum Gasteiger partial charge on any atom is -0.388 e. The van der Waals surface area contributed by atoms with E-state index in [0.717, 1.165) is 54.5 Å². The summed E-state index contributed by atoms with van der Waals surface area (Å²) in [6.45, 7) is 3.80. The smallest absolute Gasteiger partial charge is 0.130 e. The van der Waals surface area contributed by atoms with Crippen molar-refractivity contribution in [2.45, 2.75) is 0 Å². The molecule has 0 bridgehead atoms. The number of anilines is 2. The first-order valence-electron chi connectivity index (χ1n) is 8.03. The summed E-state index contributed by atoms with van der Waals surface area (Å²) in [5.74, 6) is 0.920. The Kier molecular flexibility index (Phi) is 4.00. The molecule has 0 amide bonds. The molecule has 0 aliphatic carbocycles. The lowest BCUT2D eigenvalue weighted by molar-refractivity contribution is 0.585. The van der Waals surface area contributed by atoms with Crippen LogP contribution in [0.5, 0.6) is 0 Å². The van der Waals surface area contributed by atoms with Crippen molar-refractivity contribution in [3.63, 3.8) is 0 Å². The number of piperazine rings is 1. The monoisotopic (exact) mass is 342 g/mol. The van der Waals surface area contributed by atoms with E-state index in [1.165, 1.54) is 0 Å². The van der Waals surface area contributed by atoms with E-state index in [2.05, 4.69) is 26.7 Å². The summed E-state index contributed by atoms with van der Waals surface area (Å²) in [4.78, 5) is 7.11. The minimum atomic E-state index is 0.692. The zero-order valence-electron chi connectivity index (χ0n) is 13.5. The van der Waals surface area contributed by atoms with Crippen molar-refractivity contribution in [3.8, 4) is 11.3 Å². The molecule has 124 valence electrons. The van der Waals surface area contributed by atoms with E-state index in [4.69, 9.17) is 16.6 Å². The summed E-state index contributed by atoms with van der Waals surface area (Å²) < 4.78 is 1.85. The Labute approximate surface area is 145 Å². The molecule has 0 aromatic carbocycles. The van der Waals surface area contributed by atoms with Gasteiger partial charge in [-0.15, -0.1) is 0 Å². The van der Waals surface area contributed by atoms with Crippen LogP contribution in [0.1, 0.15) is 0 Å². The van der Waals surface area contributed by atoms with Gasteiger partial charge in [0.15, 0.2) is 0 Å². The third-order valence-corrected chi connectivity index (χ3v) is 4.52. The fourth-order valence-corrected chi connectivity index (χ4v) is 3.21. The van der Waals surface area contributed by atoms with Crippen LogP contribution in [0, 0.1) is 0 Å². The van der Waals surface area contributed by atoms with Gasteiger partial charge in [-0.05, 0) is 24.3 Å². The van der Waals surface area contributed by atoms with E-state index in [-0.39, 0.29) is 0 Å². The minimum absolute atomic E-state index is 0.692. The molecular weight excluding hydrogens is 324 g/mol. The molecule has 1 aliphatic heterocycles. The molecule has 0 radical (unpaired) electrons. The number of halogens is 1. The number of pyridine rings is 2. The molecule has 24 heavy (non-hydrogen) atoms. The van der Waals surface area contributed by atoms with Gasteiger partial charge < -0.3 is 15.5 Å². The molecule has 1 aliphatic rings. The van der Waals surface area contributed by atoms with Gasteiger partial charge in [0.25, 0.3) is 0 Å². The predicted octanol–water partition coefficient (Wildman–Crippen LogP) is 2.50. The van der Waals surface area contributed by atoms with Gasteiger partial charge in [0.2, 0.25) is 0 Å². The highest BCUT2D eigenvalue weighted by atomic mass is 35.5. The first kappa shape index (κ1) is 15.2. The third kappa shape index (κ3) is 2.79. The quantitative estimate of drug-likeness (QED) is 0.766. The van der Waals surface area contributed by atoms with E-state index >= 15 is 0 Å². The first-order chi connectivity index (χ1) is 11.7. The van der Waals surface area contributed by atoms with Gasteiger partial charge in [0, 0.05) is 55.7 Å². The van der Waals surface area contributed by atoms with Crippen molar-refractivity contribution in [3.05, 3.63) is 41.7 Å². The van der Waals surface area contributed by atoms with E-state index in [1.807, 2.05) is 42.2 Å². The molecule has 4 rings (SSSR count). The molecular formula is C17H19ClN6. The fraction of sp³-hybridized carbons (Fsp3) is 0.294. The Bertz CT molecular complexity index is 869. The molecule has 4 heterocycles. The summed E-state index contributed by atoms with van der Waals surface area (Å²) in [5, 5.41) is 11.6. The lowest BCUT2D eigenvalue weighted by atomic mass is 10.1. The Hall–Kier alpha value is -2.31. The summed E-state index contributed by atoms with van der Waals surface area (Å²) in [6.07, 6.45) is 3.78. The van der Waals surface area contributed by atoms with Gasteiger partial charge in [-0.25, -0.2) is 9.50 Å². The summed E-state index contributed by atoms with van der Waals surface area (Å²) in [5.41, 5.74) is 3.86. The highest BCUT2D eigenvalue weighted by Gasteiger charge is 2.16. The first-order valence-corrected chi connectivity index (χ1v) is 8.41. The number of aromatic nitrogens is 3. The number of hydrogen-bond acceptors (Lipinski definition) is 5. The normalized spacial score (nSPS) is 15.0. The second kappa shape index (κ2) is 6.30. The van der Waals surface area contributed by atoms with Crippen LogP contribution in [0.4, 0.5) is 11.5 Å². The second-order valence-corrected chi connectivity index (χ2v) is 6.26. The number of rotatable bonds is 3. The van der Waals surface area contributed by atoms with Crippen molar-refractivity contribution in [1.29, 1.82) is 0 Å². The van der Waals surface area contributed by atoms with Crippen LogP contribution in [0.2, 0.25) is 5.02 Å². The Morgan fingerprint density at radius 3 is 2.83 bits per heavy atom. The van der Waals surface area contributed by atoms with E-state index in [1.54, 1.807) is 0 Å². The SMILES string of the molecule is CNc1ccn2ncc(-c3cc(Cl)cc(N4CCNCC4)n3)c2c1. The van der Waals surface area contributed by atoms with Gasteiger partial charge in [-0.2, -0.15) is 5.10 Å². The topological polar surface area (TPSA) is 57.5 Å². The second-order valence-electron chi connectivity index (χ2n) is 5.82. The highest BCUT2D eigenvalue weighted by molar-refractivity contribution is 6.31. The number of nitrogens with zero attached hydrogens (tertiary/aromatic N) is 4. The van der Waals surface area contributed by atoms with Crippen molar-refractivity contribution in [1.82, 2.24) is 19.9 Å². The standard InChI is InChI=1S/C17H19ClN6/c1-19-13-2-5-24-16(10-13)14(11-21-24)15-8-12(18)9-17(22-15)23-6-3-20-4-7-23/h2,5,8-11,19-20H,3-4,6-7H2,1H3. The molecule has 1 saturated heterocycles. The molecule has 0 saturated carbocycles. The summed E-state index contributed by atoms with van der Waals surface area (Å²) in [7, 11) is 1.90. The molecule has 7 heteroatoms. The average Bonchev–Trinajstić information content (AvgIpc) is 3.05. The Balaban J connectivity index is 1.80. The average molecular weight is 343 g/mol. The van der Waals surface area contributed by atoms with Crippen LogP contribution in [0.15, 0.2) is 36.7 Å². The number of fused-ring (bicyclic) bond motifs is 1. The van der Waals surface area contributed by atoms with Crippen molar-refractivity contribution >= 4 is 28.6 Å². The molecule has 3 aromatic rings. The third-order valence-electron chi connectivity index (χ3n) is 4.30. The van der Waals surface area contributed by atoms with Crippen LogP contribution >= 0.6 is 11.6 Å². The van der Waals surface area contributed by atoms with Crippen LogP contribution in [0.25, 0.3) is 16.8 Å². The van der Waals surface area contributed by atoms with E-state index < -0.39 is 0 Å². The Morgan fingerprint density at radius 1 is 1.21 bits per heavy atom. The van der Waals surface area contributed by atoms with Gasteiger partial charge in [-0.1, -0.05) is 11.6 Å². The van der Waals surface area contributed by atoms with Crippen molar-refractivity contribution < 1.29 is 0 Å². The van der Waals surface area contributed by atoms with Gasteiger partial charge in [0.1, 0.15) is 5.82 Å². The molecule has 6 nitrogen and oxygen atoms in total. The van der Waals surface area contributed by atoms with Gasteiger partial charge >= 0.3 is 0 Å². The zero-order valence-corrected chi connectivity index (χ0v) is 14.2. The maximum atomic E-state index is 6.37. The lowest BCUT2D eigenvalue weighted by Gasteiger charge is -2.28. The van der Waals surface area contributed by atoms with Crippen LogP contribution in [0.3, 0.4) is 0 Å². The van der Waals surface area contributed by atoms with Crippen molar-refractivity contribution in [2.24, 2.45) is 0 Å². The van der Waals surface area contributed by atoms with Gasteiger partial charge in [-0.3, -0.25) is 0 Å². The molecule has 1 fully saturated rings. The van der Waals surface area contributed by atoms with Crippen LogP contribution in [-0.4, -0.2) is 47.8 Å². The molecule has 3 aromatic heterocycles. The fourth-order valence-electron chi connectivity index (χ4n) is 3.01. The number of nitrogens with one attached hydrogen (secondary N) is 2. The summed E-state index contributed by atoms with van der Waals surface area (Å²) in [6, 6.07) is 7.88. The predicted molar refractivity (Wildman–Crippen MR) is 98.1 cm³/mol. The molecule has 2 N–H and O–H groups in total. The van der Waals surface area contributed by atoms with E-state index in [9.17, 15) is 0 Å².